The van der Waals surface area contributed by atoms with Crippen LogP contribution in [0.25, 0.3) is 11.5 Å². The van der Waals surface area contributed by atoms with Gasteiger partial charge in [-0.2, -0.15) is 0 Å². The van der Waals surface area contributed by atoms with Crippen LogP contribution < -0.4 is 0 Å². The van der Waals surface area contributed by atoms with E-state index in [1.54, 1.807) is 6.26 Å². The molecule has 0 atom stereocenters. The van der Waals surface area contributed by atoms with Gasteiger partial charge in [-0.15, -0.1) is 0 Å². The summed E-state index contributed by atoms with van der Waals surface area (Å²) in [4.78, 5) is 19.1. The van der Waals surface area contributed by atoms with Gasteiger partial charge in [-0.3, -0.25) is 4.79 Å². The molecule has 0 aromatic carbocycles. The van der Waals surface area contributed by atoms with Crippen LogP contribution in [0.1, 0.15) is 43.7 Å². The first-order valence-corrected chi connectivity index (χ1v) is 7.26. The van der Waals surface area contributed by atoms with Gasteiger partial charge in [0.05, 0.1) is 17.5 Å². The highest BCUT2D eigenvalue weighted by Crippen LogP contribution is 2.21. The SMILES string of the molecule is Cc1nc(-c2ccco2)ccc1C(=O)N(C(C)C)C(C)C. The minimum Gasteiger partial charge on any atom is -0.463 e. The molecule has 0 unspecified atom stereocenters. The van der Waals surface area contributed by atoms with Crippen molar-refractivity contribution in [1.29, 1.82) is 0 Å². The van der Waals surface area contributed by atoms with Gasteiger partial charge < -0.3 is 9.32 Å². The highest BCUT2D eigenvalue weighted by Gasteiger charge is 2.23. The molecule has 0 saturated heterocycles. The number of hydrogen-bond acceptors (Lipinski definition) is 3. The van der Waals surface area contributed by atoms with E-state index >= 15 is 0 Å². The Labute approximate surface area is 125 Å². The van der Waals surface area contributed by atoms with Gasteiger partial charge in [0.25, 0.3) is 5.91 Å². The second kappa shape index (κ2) is 6.12. The minimum absolute atomic E-state index is 0.0241. The highest BCUT2D eigenvalue weighted by molar-refractivity contribution is 5.95. The molecule has 0 N–H and O–H groups in total. The van der Waals surface area contributed by atoms with E-state index in [0.717, 1.165) is 11.4 Å². The summed E-state index contributed by atoms with van der Waals surface area (Å²) in [6.45, 7) is 9.96. The summed E-state index contributed by atoms with van der Waals surface area (Å²) in [5.41, 5.74) is 2.11. The van der Waals surface area contributed by atoms with Gasteiger partial charge >= 0.3 is 0 Å². The van der Waals surface area contributed by atoms with Crippen molar-refractivity contribution >= 4 is 5.91 Å². The lowest BCUT2D eigenvalue weighted by Crippen LogP contribution is -2.42. The highest BCUT2D eigenvalue weighted by atomic mass is 16.3. The maximum atomic E-state index is 12.7. The van der Waals surface area contributed by atoms with E-state index in [-0.39, 0.29) is 18.0 Å². The molecule has 2 aromatic rings. The predicted octanol–water partition coefficient (Wildman–Crippen LogP) is 3.91. The van der Waals surface area contributed by atoms with Crippen LogP contribution in [0.3, 0.4) is 0 Å². The first-order valence-electron chi connectivity index (χ1n) is 7.26. The summed E-state index contributed by atoms with van der Waals surface area (Å²) in [5, 5.41) is 0. The molecule has 0 bridgehead atoms. The number of furan rings is 1. The molecule has 0 spiro atoms. The predicted molar refractivity (Wildman–Crippen MR) is 83.1 cm³/mol. The van der Waals surface area contributed by atoms with Gasteiger partial charge in [0.15, 0.2) is 5.76 Å². The molecule has 112 valence electrons. The molecule has 4 heteroatoms. The Morgan fingerprint density at radius 2 is 1.81 bits per heavy atom. The largest absolute Gasteiger partial charge is 0.463 e. The van der Waals surface area contributed by atoms with Crippen molar-refractivity contribution in [2.75, 3.05) is 0 Å². The molecule has 4 nitrogen and oxygen atoms in total. The number of carbonyl (C=O) groups excluding carboxylic acids is 1. The van der Waals surface area contributed by atoms with Crippen molar-refractivity contribution in [2.45, 2.75) is 46.7 Å². The van der Waals surface area contributed by atoms with Crippen molar-refractivity contribution in [3.05, 3.63) is 41.8 Å². The number of hydrogen-bond donors (Lipinski definition) is 0. The monoisotopic (exact) mass is 286 g/mol. The Hall–Kier alpha value is -2.10. The Balaban J connectivity index is 2.35. The van der Waals surface area contributed by atoms with E-state index in [2.05, 4.69) is 4.98 Å². The van der Waals surface area contributed by atoms with Crippen LogP contribution in [0.15, 0.2) is 34.9 Å². The van der Waals surface area contributed by atoms with Crippen molar-refractivity contribution in [3.63, 3.8) is 0 Å². The molecule has 2 rings (SSSR count). The average molecular weight is 286 g/mol. The first-order chi connectivity index (χ1) is 9.91. The summed E-state index contributed by atoms with van der Waals surface area (Å²) in [5.74, 6) is 0.734. The number of aryl methyl sites for hydroxylation is 1. The van der Waals surface area contributed by atoms with E-state index in [1.807, 2.05) is 63.8 Å². The van der Waals surface area contributed by atoms with Crippen LogP contribution >= 0.6 is 0 Å². The molecule has 0 radical (unpaired) electrons. The molecule has 0 fully saturated rings. The Morgan fingerprint density at radius 1 is 1.14 bits per heavy atom. The van der Waals surface area contributed by atoms with Gasteiger partial charge in [0.1, 0.15) is 5.69 Å². The third-order valence-electron chi connectivity index (χ3n) is 3.44. The fourth-order valence-electron chi connectivity index (χ4n) is 2.55. The number of amides is 1. The van der Waals surface area contributed by atoms with Crippen LogP contribution in [0.2, 0.25) is 0 Å². The lowest BCUT2D eigenvalue weighted by atomic mass is 10.1. The molecule has 0 aliphatic carbocycles. The average Bonchev–Trinajstić information content (AvgIpc) is 2.91. The molecule has 2 heterocycles. The van der Waals surface area contributed by atoms with Gasteiger partial charge in [-0.05, 0) is 58.9 Å². The molecule has 0 saturated carbocycles. The number of aromatic nitrogens is 1. The molecule has 0 aliphatic rings. The topological polar surface area (TPSA) is 46.3 Å². The van der Waals surface area contributed by atoms with E-state index in [1.165, 1.54) is 0 Å². The van der Waals surface area contributed by atoms with E-state index < -0.39 is 0 Å². The first kappa shape index (κ1) is 15.3. The van der Waals surface area contributed by atoms with E-state index in [9.17, 15) is 4.79 Å². The Bertz CT molecular complexity index is 608. The second-order valence-corrected chi connectivity index (χ2v) is 5.71. The number of nitrogens with zero attached hydrogens (tertiary/aromatic N) is 2. The van der Waals surface area contributed by atoms with Crippen molar-refractivity contribution in [1.82, 2.24) is 9.88 Å². The zero-order valence-corrected chi connectivity index (χ0v) is 13.3. The zero-order chi connectivity index (χ0) is 15.6. The summed E-state index contributed by atoms with van der Waals surface area (Å²) >= 11 is 0. The van der Waals surface area contributed by atoms with Crippen LogP contribution in [0.5, 0.6) is 0 Å². The van der Waals surface area contributed by atoms with Gasteiger partial charge in [0, 0.05) is 12.1 Å². The van der Waals surface area contributed by atoms with Crippen LogP contribution in [0, 0.1) is 6.92 Å². The van der Waals surface area contributed by atoms with Crippen molar-refractivity contribution < 1.29 is 9.21 Å². The van der Waals surface area contributed by atoms with Crippen LogP contribution in [-0.4, -0.2) is 27.9 Å². The molecular weight excluding hydrogens is 264 g/mol. The maximum Gasteiger partial charge on any atom is 0.256 e. The normalized spacial score (nSPS) is 11.2. The standard InChI is InChI=1S/C17H22N2O2/c1-11(2)19(12(3)4)17(20)14-8-9-15(18-13(14)5)16-7-6-10-21-16/h6-12H,1-5H3. The summed E-state index contributed by atoms with van der Waals surface area (Å²) in [6, 6.07) is 7.66. The van der Waals surface area contributed by atoms with Gasteiger partial charge in [-0.25, -0.2) is 4.98 Å². The number of carbonyl (C=O) groups is 1. The van der Waals surface area contributed by atoms with Gasteiger partial charge in [0.2, 0.25) is 0 Å². The van der Waals surface area contributed by atoms with Crippen LogP contribution in [-0.2, 0) is 0 Å². The maximum absolute atomic E-state index is 12.7. The summed E-state index contributed by atoms with van der Waals surface area (Å²) in [6.07, 6.45) is 1.62. The Kier molecular flexibility index (Phi) is 4.46. The lowest BCUT2D eigenvalue weighted by Gasteiger charge is -2.31. The Morgan fingerprint density at radius 3 is 2.29 bits per heavy atom. The quantitative estimate of drug-likeness (QED) is 0.856. The number of pyridine rings is 1. The van der Waals surface area contributed by atoms with Crippen LogP contribution in [0.4, 0.5) is 0 Å². The molecule has 0 aliphatic heterocycles. The summed E-state index contributed by atoms with van der Waals surface area (Å²) < 4.78 is 5.34. The number of rotatable bonds is 4. The third kappa shape index (κ3) is 3.15. The van der Waals surface area contributed by atoms with Gasteiger partial charge in [-0.1, -0.05) is 0 Å². The van der Waals surface area contributed by atoms with Crippen molar-refractivity contribution in [3.8, 4) is 11.5 Å². The zero-order valence-electron chi connectivity index (χ0n) is 13.3. The smallest absolute Gasteiger partial charge is 0.256 e. The summed E-state index contributed by atoms with van der Waals surface area (Å²) in [7, 11) is 0. The molecule has 2 aromatic heterocycles. The molecule has 1 amide bonds. The second-order valence-electron chi connectivity index (χ2n) is 5.71. The fraction of sp³-hybridized carbons (Fsp3) is 0.412. The van der Waals surface area contributed by atoms with E-state index in [4.69, 9.17) is 4.42 Å². The fourth-order valence-corrected chi connectivity index (χ4v) is 2.55. The molecule has 21 heavy (non-hydrogen) atoms. The third-order valence-corrected chi connectivity index (χ3v) is 3.44. The van der Waals surface area contributed by atoms with E-state index in [0.29, 0.717) is 11.3 Å². The van der Waals surface area contributed by atoms with Crippen molar-refractivity contribution in [2.24, 2.45) is 0 Å². The minimum atomic E-state index is 0.0241. The molecular formula is C17H22N2O2. The lowest BCUT2D eigenvalue weighted by molar-refractivity contribution is 0.0642.